The van der Waals surface area contributed by atoms with E-state index in [9.17, 15) is 14.4 Å². The van der Waals surface area contributed by atoms with Gasteiger partial charge < -0.3 is 4.74 Å². The molecule has 0 amide bonds. The number of hydrogen-bond acceptors (Lipinski definition) is 4. The fourth-order valence-electron chi connectivity index (χ4n) is 6.77. The van der Waals surface area contributed by atoms with Crippen molar-refractivity contribution in [3.05, 3.63) is 11.6 Å². The van der Waals surface area contributed by atoms with Crippen LogP contribution in [0.4, 0.5) is 0 Å². The van der Waals surface area contributed by atoms with E-state index in [2.05, 4.69) is 13.8 Å². The zero-order valence-corrected chi connectivity index (χ0v) is 16.2. The molecule has 4 aliphatic rings. The van der Waals surface area contributed by atoms with Gasteiger partial charge in [-0.05, 0) is 61.3 Å². The van der Waals surface area contributed by atoms with Crippen molar-refractivity contribution < 1.29 is 19.1 Å². The van der Waals surface area contributed by atoms with Gasteiger partial charge in [0.2, 0.25) is 0 Å². The largest absolute Gasteiger partial charge is 0.462 e. The first-order valence-corrected chi connectivity index (χ1v) is 10.3. The van der Waals surface area contributed by atoms with Gasteiger partial charge >= 0.3 is 5.97 Å². The van der Waals surface area contributed by atoms with Gasteiger partial charge in [-0.3, -0.25) is 14.4 Å². The Labute approximate surface area is 155 Å². The van der Waals surface area contributed by atoms with Crippen LogP contribution in [0.2, 0.25) is 0 Å². The summed E-state index contributed by atoms with van der Waals surface area (Å²) in [5.74, 6) is 1.45. The molecule has 4 rings (SSSR count). The maximum absolute atomic E-state index is 12.9. The molecule has 0 bridgehead atoms. The first-order valence-electron chi connectivity index (χ1n) is 10.3. The maximum atomic E-state index is 12.9. The lowest BCUT2D eigenvalue weighted by Crippen LogP contribution is -2.53. The summed E-state index contributed by atoms with van der Waals surface area (Å²) in [5.41, 5.74) is 0.646. The van der Waals surface area contributed by atoms with Crippen molar-refractivity contribution in [3.63, 3.8) is 0 Å². The van der Waals surface area contributed by atoms with Crippen molar-refractivity contribution in [3.8, 4) is 0 Å². The Morgan fingerprint density at radius 2 is 1.92 bits per heavy atom. The number of esters is 1. The number of hydrogen-bond donors (Lipinski definition) is 0. The molecule has 3 fully saturated rings. The van der Waals surface area contributed by atoms with Crippen LogP contribution in [0.5, 0.6) is 0 Å². The van der Waals surface area contributed by atoms with Crippen molar-refractivity contribution in [2.75, 3.05) is 0 Å². The van der Waals surface area contributed by atoms with Crippen LogP contribution in [-0.4, -0.2) is 23.6 Å². The molecule has 0 aromatic carbocycles. The predicted molar refractivity (Wildman–Crippen MR) is 97.3 cm³/mol. The molecular formula is C22H30O4. The Balaban J connectivity index is 1.64. The maximum Gasteiger partial charge on any atom is 0.305 e. The third kappa shape index (κ3) is 2.44. The number of carbonyl (C=O) groups excluding carboxylic acids is 3. The van der Waals surface area contributed by atoms with Crippen LogP contribution >= 0.6 is 0 Å². The number of ether oxygens (including phenoxy) is 1. The number of ketones is 2. The molecule has 0 heterocycles. The van der Waals surface area contributed by atoms with E-state index in [1.165, 1.54) is 0 Å². The van der Waals surface area contributed by atoms with E-state index in [4.69, 9.17) is 4.74 Å². The summed E-state index contributed by atoms with van der Waals surface area (Å²) in [6.45, 7) is 6.33. The minimum absolute atomic E-state index is 0.00561. The SMILES string of the molecule is CCC(=O)O[C@H]1CC[C@H]2[C@@H]3CC(=O)C4=CC(=O)CC[C@]4(C)[C@H]3CC[C@]12C. The summed E-state index contributed by atoms with van der Waals surface area (Å²) in [4.78, 5) is 36.7. The van der Waals surface area contributed by atoms with Crippen LogP contribution in [0.3, 0.4) is 0 Å². The van der Waals surface area contributed by atoms with Crippen LogP contribution in [0.15, 0.2) is 11.6 Å². The van der Waals surface area contributed by atoms with Gasteiger partial charge in [0.05, 0.1) is 0 Å². The molecule has 0 spiro atoms. The Bertz CT molecular complexity index is 692. The average Bonchev–Trinajstić information content (AvgIpc) is 2.93. The number of rotatable bonds is 2. The first kappa shape index (κ1) is 17.9. The smallest absolute Gasteiger partial charge is 0.305 e. The van der Waals surface area contributed by atoms with Gasteiger partial charge in [0.1, 0.15) is 6.10 Å². The van der Waals surface area contributed by atoms with Gasteiger partial charge in [0.15, 0.2) is 11.6 Å². The standard InChI is InChI=1S/C22H30O4/c1-4-20(25)26-19-6-5-15-14-12-18(24)17-11-13(23)7-9-21(17,2)16(14)8-10-22(15,19)3/h11,14-16,19H,4-10,12H2,1-3H3/t14-,15-,16-,19-,21+,22-/m0/s1. The molecule has 4 nitrogen and oxygen atoms in total. The Hall–Kier alpha value is -1.45. The first-order chi connectivity index (χ1) is 12.3. The lowest BCUT2D eigenvalue weighted by molar-refractivity contribution is -0.160. The van der Waals surface area contributed by atoms with Crippen molar-refractivity contribution in [2.45, 2.75) is 78.2 Å². The molecule has 0 saturated heterocycles. The molecule has 0 aromatic heterocycles. The van der Waals surface area contributed by atoms with Gasteiger partial charge in [-0.15, -0.1) is 0 Å². The van der Waals surface area contributed by atoms with E-state index in [0.717, 1.165) is 37.7 Å². The number of Topliss-reactive ketones (excluding diaryl/α,β-unsaturated/α-hetero) is 1. The highest BCUT2D eigenvalue weighted by Gasteiger charge is 2.61. The van der Waals surface area contributed by atoms with E-state index in [-0.39, 0.29) is 34.5 Å². The molecular weight excluding hydrogens is 328 g/mol. The average molecular weight is 358 g/mol. The lowest BCUT2D eigenvalue weighted by Gasteiger charge is -2.57. The van der Waals surface area contributed by atoms with Gasteiger partial charge in [0, 0.05) is 30.3 Å². The van der Waals surface area contributed by atoms with Gasteiger partial charge in [-0.2, -0.15) is 0 Å². The Morgan fingerprint density at radius 3 is 2.65 bits per heavy atom. The second-order valence-electron chi connectivity index (χ2n) is 9.40. The van der Waals surface area contributed by atoms with E-state index in [1.807, 2.05) is 6.92 Å². The van der Waals surface area contributed by atoms with Crippen molar-refractivity contribution >= 4 is 17.5 Å². The summed E-state index contributed by atoms with van der Waals surface area (Å²) in [5, 5.41) is 0. The molecule has 26 heavy (non-hydrogen) atoms. The Morgan fingerprint density at radius 1 is 1.15 bits per heavy atom. The van der Waals surface area contributed by atoms with Crippen LogP contribution in [0, 0.1) is 28.6 Å². The lowest BCUT2D eigenvalue weighted by atomic mass is 9.47. The number of fused-ring (bicyclic) bond motifs is 5. The highest BCUT2D eigenvalue weighted by molar-refractivity contribution is 6.05. The van der Waals surface area contributed by atoms with Crippen LogP contribution < -0.4 is 0 Å². The zero-order valence-electron chi connectivity index (χ0n) is 16.2. The normalized spacial score (nSPS) is 44.7. The third-order valence-corrected chi connectivity index (χ3v) is 8.26. The fraction of sp³-hybridized carbons (Fsp3) is 0.773. The summed E-state index contributed by atoms with van der Waals surface area (Å²) < 4.78 is 5.81. The minimum atomic E-state index is -0.145. The highest BCUT2D eigenvalue weighted by atomic mass is 16.5. The summed E-state index contributed by atoms with van der Waals surface area (Å²) in [6.07, 6.45) is 8.07. The summed E-state index contributed by atoms with van der Waals surface area (Å²) in [6, 6.07) is 0. The molecule has 0 N–H and O–H groups in total. The molecule has 0 unspecified atom stereocenters. The minimum Gasteiger partial charge on any atom is -0.462 e. The molecule has 4 heteroatoms. The Kier molecular flexibility index (Phi) is 4.16. The van der Waals surface area contributed by atoms with Crippen molar-refractivity contribution in [2.24, 2.45) is 28.6 Å². The summed E-state index contributed by atoms with van der Waals surface area (Å²) in [7, 11) is 0. The number of allylic oxidation sites excluding steroid dienone is 1. The second kappa shape index (κ2) is 6.03. The van der Waals surface area contributed by atoms with Crippen LogP contribution in [0.1, 0.15) is 72.1 Å². The molecule has 142 valence electrons. The monoisotopic (exact) mass is 358 g/mol. The van der Waals surface area contributed by atoms with Crippen LogP contribution in [-0.2, 0) is 19.1 Å². The van der Waals surface area contributed by atoms with Gasteiger partial charge in [0.25, 0.3) is 0 Å². The van der Waals surface area contributed by atoms with Gasteiger partial charge in [-0.25, -0.2) is 0 Å². The number of carbonyl (C=O) groups is 3. The third-order valence-electron chi connectivity index (χ3n) is 8.26. The topological polar surface area (TPSA) is 60.4 Å². The van der Waals surface area contributed by atoms with E-state index >= 15 is 0 Å². The van der Waals surface area contributed by atoms with E-state index in [0.29, 0.717) is 37.0 Å². The highest BCUT2D eigenvalue weighted by Crippen LogP contribution is 2.65. The van der Waals surface area contributed by atoms with Crippen molar-refractivity contribution in [1.29, 1.82) is 0 Å². The zero-order chi connectivity index (χ0) is 18.7. The quantitative estimate of drug-likeness (QED) is 0.700. The van der Waals surface area contributed by atoms with E-state index < -0.39 is 0 Å². The fourth-order valence-corrected chi connectivity index (χ4v) is 6.77. The molecule has 0 aromatic rings. The molecule has 4 aliphatic carbocycles. The summed E-state index contributed by atoms with van der Waals surface area (Å²) >= 11 is 0. The predicted octanol–water partition coefficient (Wildman–Crippen LogP) is 4.02. The van der Waals surface area contributed by atoms with Crippen LogP contribution in [0.25, 0.3) is 0 Å². The molecule has 6 atom stereocenters. The second-order valence-corrected chi connectivity index (χ2v) is 9.40. The molecule has 0 radical (unpaired) electrons. The van der Waals surface area contributed by atoms with Crippen molar-refractivity contribution in [1.82, 2.24) is 0 Å². The molecule has 3 saturated carbocycles. The molecule has 0 aliphatic heterocycles. The van der Waals surface area contributed by atoms with Gasteiger partial charge in [-0.1, -0.05) is 20.8 Å². The van der Waals surface area contributed by atoms with E-state index in [1.54, 1.807) is 6.08 Å².